The van der Waals surface area contributed by atoms with Crippen molar-refractivity contribution >= 4 is 22.5 Å². The molecule has 0 aliphatic heterocycles. The van der Waals surface area contributed by atoms with E-state index in [1.165, 1.54) is 35.7 Å². The van der Waals surface area contributed by atoms with Gasteiger partial charge >= 0.3 is 0 Å². The van der Waals surface area contributed by atoms with E-state index in [2.05, 4.69) is 36.0 Å². The van der Waals surface area contributed by atoms with Crippen LogP contribution in [-0.2, 0) is 6.54 Å². The topological polar surface area (TPSA) is 17.0 Å². The number of fused-ring (bicyclic) bond motifs is 1. The van der Waals surface area contributed by atoms with E-state index in [1.54, 1.807) is 0 Å². The van der Waals surface area contributed by atoms with Gasteiger partial charge in [0.25, 0.3) is 0 Å². The lowest BCUT2D eigenvalue weighted by molar-refractivity contribution is 0.338. The molecular weight excluding hydrogens is 256 g/mol. The van der Waals surface area contributed by atoms with Crippen LogP contribution >= 0.6 is 11.6 Å². The number of rotatable bonds is 4. The van der Waals surface area contributed by atoms with Crippen molar-refractivity contribution in [1.82, 2.24) is 9.88 Å². The van der Waals surface area contributed by atoms with Crippen molar-refractivity contribution in [2.45, 2.75) is 51.7 Å². The third kappa shape index (κ3) is 2.39. The van der Waals surface area contributed by atoms with Crippen molar-refractivity contribution in [3.8, 4) is 0 Å². The Morgan fingerprint density at radius 1 is 1.37 bits per heavy atom. The first kappa shape index (κ1) is 13.0. The summed E-state index contributed by atoms with van der Waals surface area (Å²) in [5.74, 6) is 0. The summed E-state index contributed by atoms with van der Waals surface area (Å²) in [6.45, 7) is 5.34. The Morgan fingerprint density at radius 3 is 2.79 bits per heavy atom. The quantitative estimate of drug-likeness (QED) is 0.869. The van der Waals surface area contributed by atoms with Gasteiger partial charge in [0, 0.05) is 30.2 Å². The molecule has 1 N–H and O–H groups in total. The Morgan fingerprint density at radius 2 is 2.16 bits per heavy atom. The zero-order chi connectivity index (χ0) is 13.4. The maximum atomic E-state index is 6.40. The third-order valence-electron chi connectivity index (χ3n) is 4.13. The smallest absolute Gasteiger partial charge is 0.0503 e. The summed E-state index contributed by atoms with van der Waals surface area (Å²) >= 11 is 6.40. The molecule has 1 saturated carbocycles. The molecule has 19 heavy (non-hydrogen) atoms. The van der Waals surface area contributed by atoms with E-state index in [4.69, 9.17) is 11.6 Å². The molecule has 1 aromatic heterocycles. The maximum absolute atomic E-state index is 6.40. The number of hydrogen-bond acceptors (Lipinski definition) is 1. The minimum atomic E-state index is 0.457. The van der Waals surface area contributed by atoms with Crippen molar-refractivity contribution in [3.05, 3.63) is 35.0 Å². The number of hydrogen-bond donors (Lipinski definition) is 1. The van der Waals surface area contributed by atoms with Crippen LogP contribution in [0.3, 0.4) is 0 Å². The number of halogens is 1. The first-order chi connectivity index (χ1) is 9.16. The Labute approximate surface area is 119 Å². The standard InChI is InChI=1S/C16H21ClN2/c1-11(2)19-10-12(9-18-13-5-3-6-13)16-14(17)7-4-8-15(16)19/h4,7-8,10-11,13,18H,3,5-6,9H2,1-2H3. The number of aromatic nitrogens is 1. The predicted octanol–water partition coefficient (Wildman–Crippen LogP) is 4.52. The van der Waals surface area contributed by atoms with E-state index in [0.29, 0.717) is 12.1 Å². The van der Waals surface area contributed by atoms with Crippen LogP contribution in [-0.4, -0.2) is 10.6 Å². The lowest BCUT2D eigenvalue weighted by Crippen LogP contribution is -2.34. The normalized spacial score (nSPS) is 16.2. The zero-order valence-corrected chi connectivity index (χ0v) is 12.4. The average molecular weight is 277 g/mol. The van der Waals surface area contributed by atoms with Crippen LogP contribution in [0.4, 0.5) is 0 Å². The Hall–Kier alpha value is -0.990. The van der Waals surface area contributed by atoms with Gasteiger partial charge in [-0.25, -0.2) is 0 Å². The molecule has 3 rings (SSSR count). The molecule has 1 aliphatic carbocycles. The van der Waals surface area contributed by atoms with Crippen LogP contribution in [0.5, 0.6) is 0 Å². The Kier molecular flexibility index (Phi) is 3.55. The van der Waals surface area contributed by atoms with Gasteiger partial charge < -0.3 is 9.88 Å². The largest absolute Gasteiger partial charge is 0.345 e. The average Bonchev–Trinajstić information content (AvgIpc) is 2.68. The highest BCUT2D eigenvalue weighted by molar-refractivity contribution is 6.35. The molecule has 0 saturated heterocycles. The van der Waals surface area contributed by atoms with Crippen LogP contribution in [0.2, 0.25) is 5.02 Å². The maximum Gasteiger partial charge on any atom is 0.0503 e. The van der Waals surface area contributed by atoms with Gasteiger partial charge in [-0.2, -0.15) is 0 Å². The first-order valence-electron chi connectivity index (χ1n) is 7.18. The summed E-state index contributed by atoms with van der Waals surface area (Å²) in [7, 11) is 0. The van der Waals surface area contributed by atoms with Gasteiger partial charge in [0.15, 0.2) is 0 Å². The van der Waals surface area contributed by atoms with Crippen molar-refractivity contribution in [2.75, 3.05) is 0 Å². The summed E-state index contributed by atoms with van der Waals surface area (Å²) in [5.41, 5.74) is 2.56. The molecule has 2 nitrogen and oxygen atoms in total. The van der Waals surface area contributed by atoms with Crippen molar-refractivity contribution in [1.29, 1.82) is 0 Å². The minimum Gasteiger partial charge on any atom is -0.345 e. The summed E-state index contributed by atoms with van der Waals surface area (Å²) < 4.78 is 2.32. The molecule has 0 radical (unpaired) electrons. The van der Waals surface area contributed by atoms with Crippen LogP contribution in [0.15, 0.2) is 24.4 Å². The van der Waals surface area contributed by atoms with E-state index in [1.807, 2.05) is 12.1 Å². The summed E-state index contributed by atoms with van der Waals surface area (Å²) in [5, 5.41) is 5.71. The van der Waals surface area contributed by atoms with Crippen LogP contribution in [0.1, 0.15) is 44.7 Å². The molecule has 1 fully saturated rings. The van der Waals surface area contributed by atoms with E-state index < -0.39 is 0 Å². The molecular formula is C16H21ClN2. The fraction of sp³-hybridized carbons (Fsp3) is 0.500. The molecule has 0 bridgehead atoms. The molecule has 1 heterocycles. The van der Waals surface area contributed by atoms with Gasteiger partial charge in [0.1, 0.15) is 0 Å². The number of nitrogens with one attached hydrogen (secondary N) is 1. The molecule has 2 aromatic rings. The van der Waals surface area contributed by atoms with E-state index in [9.17, 15) is 0 Å². The molecule has 1 aliphatic rings. The van der Waals surface area contributed by atoms with Gasteiger partial charge in [-0.3, -0.25) is 0 Å². The number of benzene rings is 1. The fourth-order valence-electron chi connectivity index (χ4n) is 2.78. The highest BCUT2D eigenvalue weighted by Crippen LogP contribution is 2.31. The van der Waals surface area contributed by atoms with Crippen molar-refractivity contribution in [2.24, 2.45) is 0 Å². The SMILES string of the molecule is CC(C)n1cc(CNC2CCC2)c2c(Cl)cccc21. The van der Waals surface area contributed by atoms with Gasteiger partial charge in [-0.05, 0) is 44.4 Å². The molecule has 1 aromatic carbocycles. The molecule has 3 heteroatoms. The second-order valence-electron chi connectivity index (χ2n) is 5.80. The highest BCUT2D eigenvalue weighted by atomic mass is 35.5. The lowest BCUT2D eigenvalue weighted by Gasteiger charge is -2.26. The minimum absolute atomic E-state index is 0.457. The van der Waals surface area contributed by atoms with E-state index >= 15 is 0 Å². The van der Waals surface area contributed by atoms with Crippen molar-refractivity contribution in [3.63, 3.8) is 0 Å². The monoisotopic (exact) mass is 276 g/mol. The molecule has 0 amide bonds. The Bertz CT molecular complexity index is 582. The summed E-state index contributed by atoms with van der Waals surface area (Å²) in [4.78, 5) is 0. The first-order valence-corrected chi connectivity index (χ1v) is 7.56. The van der Waals surface area contributed by atoms with E-state index in [-0.39, 0.29) is 0 Å². The molecule has 102 valence electrons. The van der Waals surface area contributed by atoms with Gasteiger partial charge in [0.2, 0.25) is 0 Å². The number of nitrogens with zero attached hydrogens (tertiary/aromatic N) is 1. The second kappa shape index (κ2) is 5.18. The van der Waals surface area contributed by atoms with Crippen LogP contribution in [0.25, 0.3) is 10.9 Å². The van der Waals surface area contributed by atoms with Gasteiger partial charge in [-0.1, -0.05) is 24.1 Å². The second-order valence-corrected chi connectivity index (χ2v) is 6.21. The van der Waals surface area contributed by atoms with Crippen molar-refractivity contribution < 1.29 is 0 Å². The molecule has 0 atom stereocenters. The predicted molar refractivity (Wildman–Crippen MR) is 81.8 cm³/mol. The van der Waals surface area contributed by atoms with Gasteiger partial charge in [0.05, 0.1) is 10.5 Å². The van der Waals surface area contributed by atoms with Gasteiger partial charge in [-0.15, -0.1) is 0 Å². The fourth-order valence-corrected chi connectivity index (χ4v) is 3.07. The van der Waals surface area contributed by atoms with Crippen LogP contribution in [0, 0.1) is 0 Å². The van der Waals surface area contributed by atoms with Crippen LogP contribution < -0.4 is 5.32 Å². The lowest BCUT2D eigenvalue weighted by atomic mass is 9.93. The molecule has 0 spiro atoms. The Balaban J connectivity index is 1.97. The third-order valence-corrected chi connectivity index (χ3v) is 4.44. The van der Waals surface area contributed by atoms with E-state index in [0.717, 1.165) is 11.6 Å². The summed E-state index contributed by atoms with van der Waals surface area (Å²) in [6.07, 6.45) is 6.26. The molecule has 0 unspecified atom stereocenters. The highest BCUT2D eigenvalue weighted by Gasteiger charge is 2.18. The summed E-state index contributed by atoms with van der Waals surface area (Å²) in [6, 6.07) is 7.35. The zero-order valence-electron chi connectivity index (χ0n) is 11.6.